The number of nitrogens with one attached hydrogen (secondary N) is 1. The van der Waals surface area contributed by atoms with Crippen LogP contribution < -0.4 is 5.32 Å². The molecule has 2 aromatic heterocycles. The van der Waals surface area contributed by atoms with Gasteiger partial charge >= 0.3 is 5.97 Å². The smallest absolute Gasteiger partial charge is 0.350 e. The molecule has 152 valence electrons. The highest BCUT2D eigenvalue weighted by Crippen LogP contribution is 2.34. The normalized spacial score (nSPS) is 14.4. The molecule has 2 aromatic rings. The number of nitrogens with zero attached hydrogens (tertiary/aromatic N) is 4. The van der Waals surface area contributed by atoms with Gasteiger partial charge in [0.2, 0.25) is 5.91 Å². The summed E-state index contributed by atoms with van der Waals surface area (Å²) in [6.45, 7) is 6.64. The largest absolute Gasteiger partial charge is 0.462 e. The summed E-state index contributed by atoms with van der Waals surface area (Å²) in [4.78, 5) is 28.9. The van der Waals surface area contributed by atoms with Crippen molar-refractivity contribution >= 4 is 40.1 Å². The van der Waals surface area contributed by atoms with Crippen molar-refractivity contribution in [3.05, 3.63) is 16.4 Å². The van der Waals surface area contributed by atoms with Crippen molar-refractivity contribution < 1.29 is 14.3 Å². The molecule has 0 aromatic carbocycles. The highest BCUT2D eigenvalue weighted by atomic mass is 32.2. The number of aryl methyl sites for hydroxylation is 1. The van der Waals surface area contributed by atoms with Crippen LogP contribution in [0.5, 0.6) is 0 Å². The monoisotopic (exact) mass is 423 g/mol. The van der Waals surface area contributed by atoms with Gasteiger partial charge in [0, 0.05) is 12.5 Å². The third kappa shape index (κ3) is 4.72. The van der Waals surface area contributed by atoms with Crippen LogP contribution in [0.1, 0.15) is 66.6 Å². The Kier molecular flexibility index (Phi) is 7.06. The van der Waals surface area contributed by atoms with Gasteiger partial charge in [0.1, 0.15) is 10.7 Å². The minimum atomic E-state index is -0.414. The molecule has 3 rings (SSSR count). The minimum absolute atomic E-state index is 0.192. The molecule has 2 heterocycles. The lowest BCUT2D eigenvalue weighted by Crippen LogP contribution is -2.14. The molecule has 1 N–H and O–H groups in total. The Morgan fingerprint density at radius 2 is 2.04 bits per heavy atom. The van der Waals surface area contributed by atoms with Crippen LogP contribution in [0.25, 0.3) is 0 Å². The fourth-order valence-electron chi connectivity index (χ4n) is 3.31. The Hall–Kier alpha value is -1.94. The SMILES string of the molecule is CCOC(=O)c1sc(NC(=O)CSc2nnc(C3CCCC3)n2CC)nc1C. The van der Waals surface area contributed by atoms with Gasteiger partial charge in [-0.1, -0.05) is 35.9 Å². The first-order valence-electron chi connectivity index (χ1n) is 9.53. The third-order valence-electron chi connectivity index (χ3n) is 4.62. The fourth-order valence-corrected chi connectivity index (χ4v) is 5.00. The maximum absolute atomic E-state index is 12.3. The number of anilines is 1. The van der Waals surface area contributed by atoms with Crippen LogP contribution in [0.2, 0.25) is 0 Å². The lowest BCUT2D eigenvalue weighted by Gasteiger charge is -2.11. The van der Waals surface area contributed by atoms with Crippen molar-refractivity contribution in [3.8, 4) is 0 Å². The van der Waals surface area contributed by atoms with Crippen LogP contribution in [0.4, 0.5) is 5.13 Å². The molecule has 0 aliphatic heterocycles. The highest BCUT2D eigenvalue weighted by Gasteiger charge is 2.24. The molecule has 28 heavy (non-hydrogen) atoms. The number of thiazole rings is 1. The number of thioether (sulfide) groups is 1. The number of carbonyl (C=O) groups is 2. The quantitative estimate of drug-likeness (QED) is 0.511. The average molecular weight is 424 g/mol. The molecule has 1 amide bonds. The summed E-state index contributed by atoms with van der Waals surface area (Å²) < 4.78 is 7.11. The Labute approximate surface area is 172 Å². The fraction of sp³-hybridized carbons (Fsp3) is 0.611. The predicted molar refractivity (Wildman–Crippen MR) is 109 cm³/mol. The second-order valence-corrected chi connectivity index (χ2v) is 8.50. The molecule has 0 radical (unpaired) electrons. The summed E-state index contributed by atoms with van der Waals surface area (Å²) in [5.74, 6) is 1.12. The lowest BCUT2D eigenvalue weighted by molar-refractivity contribution is -0.113. The van der Waals surface area contributed by atoms with E-state index in [4.69, 9.17) is 4.74 Å². The van der Waals surface area contributed by atoms with Gasteiger partial charge in [-0.25, -0.2) is 9.78 Å². The van der Waals surface area contributed by atoms with Gasteiger partial charge in [0.25, 0.3) is 0 Å². The molecule has 1 fully saturated rings. The lowest BCUT2D eigenvalue weighted by atomic mass is 10.1. The summed E-state index contributed by atoms with van der Waals surface area (Å²) in [5, 5.41) is 12.6. The molecule has 1 aliphatic carbocycles. The van der Waals surface area contributed by atoms with E-state index >= 15 is 0 Å². The predicted octanol–water partition coefficient (Wildman–Crippen LogP) is 3.63. The molecule has 1 saturated carbocycles. The van der Waals surface area contributed by atoms with Crippen LogP contribution in [0.3, 0.4) is 0 Å². The van der Waals surface area contributed by atoms with Crippen molar-refractivity contribution in [2.24, 2.45) is 0 Å². The number of carbonyl (C=O) groups excluding carboxylic acids is 2. The van der Waals surface area contributed by atoms with Gasteiger partial charge in [-0.2, -0.15) is 0 Å². The number of hydrogen-bond acceptors (Lipinski definition) is 8. The number of aromatic nitrogens is 4. The third-order valence-corrected chi connectivity index (χ3v) is 6.64. The Morgan fingerprint density at radius 3 is 2.71 bits per heavy atom. The van der Waals surface area contributed by atoms with E-state index in [1.165, 1.54) is 24.6 Å². The van der Waals surface area contributed by atoms with Crippen LogP contribution >= 0.6 is 23.1 Å². The summed E-state index contributed by atoms with van der Waals surface area (Å²) in [6, 6.07) is 0. The molecular weight excluding hydrogens is 398 g/mol. The van der Waals surface area contributed by atoms with E-state index in [0.717, 1.165) is 41.7 Å². The molecule has 0 unspecified atom stereocenters. The van der Waals surface area contributed by atoms with Gasteiger partial charge in [-0.05, 0) is 33.6 Å². The van der Waals surface area contributed by atoms with Gasteiger partial charge in [0.05, 0.1) is 18.1 Å². The summed E-state index contributed by atoms with van der Waals surface area (Å²) in [5.41, 5.74) is 0.554. The maximum Gasteiger partial charge on any atom is 0.350 e. The minimum Gasteiger partial charge on any atom is -0.462 e. The Balaban J connectivity index is 1.59. The summed E-state index contributed by atoms with van der Waals surface area (Å²) >= 11 is 2.49. The number of amides is 1. The molecule has 0 spiro atoms. The Morgan fingerprint density at radius 1 is 1.29 bits per heavy atom. The van der Waals surface area contributed by atoms with Crippen LogP contribution in [0.15, 0.2) is 5.16 Å². The summed E-state index contributed by atoms with van der Waals surface area (Å²) in [7, 11) is 0. The van der Waals surface area contributed by atoms with Gasteiger partial charge in [0.15, 0.2) is 10.3 Å². The number of ether oxygens (including phenoxy) is 1. The standard InChI is InChI=1S/C18H25N5O3S2/c1-4-23-15(12-8-6-7-9-12)21-22-18(23)27-10-13(24)20-17-19-11(3)14(28-17)16(25)26-5-2/h12H,4-10H2,1-3H3,(H,19,20,24). The first-order chi connectivity index (χ1) is 13.5. The molecule has 8 nitrogen and oxygen atoms in total. The highest BCUT2D eigenvalue weighted by molar-refractivity contribution is 7.99. The van der Waals surface area contributed by atoms with Crippen LogP contribution in [0, 0.1) is 6.92 Å². The zero-order valence-corrected chi connectivity index (χ0v) is 18.0. The van der Waals surface area contributed by atoms with E-state index in [9.17, 15) is 9.59 Å². The van der Waals surface area contributed by atoms with Gasteiger partial charge < -0.3 is 14.6 Å². The maximum atomic E-state index is 12.3. The van der Waals surface area contributed by atoms with E-state index < -0.39 is 5.97 Å². The van der Waals surface area contributed by atoms with E-state index in [1.807, 2.05) is 0 Å². The van der Waals surface area contributed by atoms with E-state index in [-0.39, 0.29) is 11.7 Å². The molecule has 0 saturated heterocycles. The van der Waals surface area contributed by atoms with Crippen LogP contribution in [-0.2, 0) is 16.1 Å². The first kappa shape index (κ1) is 20.8. The van der Waals surface area contributed by atoms with Crippen molar-refractivity contribution in [2.45, 2.75) is 64.1 Å². The number of hydrogen-bond donors (Lipinski definition) is 1. The van der Waals surface area contributed by atoms with Crippen molar-refractivity contribution in [1.82, 2.24) is 19.7 Å². The molecular formula is C18H25N5O3S2. The van der Waals surface area contributed by atoms with Crippen molar-refractivity contribution in [3.63, 3.8) is 0 Å². The molecule has 0 bridgehead atoms. The van der Waals surface area contributed by atoms with E-state index in [2.05, 4.69) is 32.0 Å². The van der Waals surface area contributed by atoms with Crippen molar-refractivity contribution in [2.75, 3.05) is 17.7 Å². The second-order valence-electron chi connectivity index (χ2n) is 6.56. The van der Waals surface area contributed by atoms with E-state index in [1.54, 1.807) is 13.8 Å². The zero-order valence-electron chi connectivity index (χ0n) is 16.4. The second kappa shape index (κ2) is 9.51. The van der Waals surface area contributed by atoms with Crippen LogP contribution in [-0.4, -0.2) is 44.0 Å². The average Bonchev–Trinajstić information content (AvgIpc) is 3.39. The number of rotatable bonds is 8. The van der Waals surface area contributed by atoms with Crippen molar-refractivity contribution in [1.29, 1.82) is 0 Å². The molecule has 10 heteroatoms. The van der Waals surface area contributed by atoms with Gasteiger partial charge in [-0.15, -0.1) is 10.2 Å². The Bertz CT molecular complexity index is 842. The molecule has 1 aliphatic rings. The topological polar surface area (TPSA) is 99.0 Å². The van der Waals surface area contributed by atoms with Gasteiger partial charge in [-0.3, -0.25) is 4.79 Å². The first-order valence-corrected chi connectivity index (χ1v) is 11.3. The molecule has 0 atom stereocenters. The summed E-state index contributed by atoms with van der Waals surface area (Å²) in [6.07, 6.45) is 4.81. The van der Waals surface area contributed by atoms with E-state index in [0.29, 0.717) is 28.2 Å². The zero-order chi connectivity index (χ0) is 20.1. The number of esters is 1.